The number of nitrogens with one attached hydrogen (secondary N) is 3. The number of hydrogen-bond donors (Lipinski definition) is 4. The van der Waals surface area contributed by atoms with Gasteiger partial charge in [0.15, 0.2) is 5.69 Å². The van der Waals surface area contributed by atoms with Crippen LogP contribution in [0.4, 0.5) is 0 Å². The van der Waals surface area contributed by atoms with Crippen molar-refractivity contribution in [3.63, 3.8) is 0 Å². The van der Waals surface area contributed by atoms with Crippen molar-refractivity contribution < 1.29 is 32.0 Å². The van der Waals surface area contributed by atoms with Crippen LogP contribution in [-0.2, 0) is 21.2 Å². The Labute approximate surface area is 281 Å². The Kier molecular flexibility index (Phi) is 10.4. The lowest BCUT2D eigenvalue weighted by Gasteiger charge is -2.26. The zero-order valence-electron chi connectivity index (χ0n) is 26.4. The van der Waals surface area contributed by atoms with Gasteiger partial charge in [0.25, 0.3) is 17.7 Å². The number of rotatable bonds is 5. The smallest absolute Gasteiger partial charge is 0.273 e. The van der Waals surface area contributed by atoms with Gasteiger partial charge in [0.05, 0.1) is 17.5 Å². The summed E-state index contributed by atoms with van der Waals surface area (Å²) >= 11 is 1.21. The molecular weight excluding hydrogens is 659 g/mol. The molecule has 2 atom stereocenters. The van der Waals surface area contributed by atoms with Crippen LogP contribution in [0.25, 0.3) is 0 Å². The van der Waals surface area contributed by atoms with Crippen molar-refractivity contribution in [1.82, 2.24) is 30.8 Å². The highest BCUT2D eigenvalue weighted by Crippen LogP contribution is 2.26. The van der Waals surface area contributed by atoms with Crippen molar-refractivity contribution in [3.05, 3.63) is 99.2 Å². The SMILES string of the molecule is Cc1ccc(S(N)(=O)=O)cc1C(=O)N1CCNC(=O)c2coc(n2)[C@H](Cc2ccccc2)NC(=O)c2csc(n2)[C@H](C(C)C)NC(=O)C1. The predicted molar refractivity (Wildman–Crippen MR) is 175 cm³/mol. The number of sulfonamides is 1. The highest BCUT2D eigenvalue weighted by Gasteiger charge is 2.29. The van der Waals surface area contributed by atoms with E-state index in [0.29, 0.717) is 17.0 Å². The van der Waals surface area contributed by atoms with Gasteiger partial charge in [0.2, 0.25) is 21.8 Å². The van der Waals surface area contributed by atoms with E-state index in [9.17, 15) is 27.6 Å². The molecule has 5 N–H and O–H groups in total. The summed E-state index contributed by atoms with van der Waals surface area (Å²) in [7, 11) is -4.12. The molecule has 1 aliphatic rings. The maximum atomic E-state index is 13.8. The molecule has 5 rings (SSSR count). The zero-order valence-corrected chi connectivity index (χ0v) is 28.1. The molecule has 48 heavy (non-hydrogen) atoms. The Morgan fingerprint density at radius 3 is 2.52 bits per heavy atom. The molecule has 0 spiro atoms. The summed E-state index contributed by atoms with van der Waals surface area (Å²) in [6.45, 7) is 4.78. The van der Waals surface area contributed by atoms with Gasteiger partial charge in [-0.15, -0.1) is 11.3 Å². The van der Waals surface area contributed by atoms with Crippen LogP contribution < -0.4 is 21.1 Å². The molecule has 0 saturated carbocycles. The van der Waals surface area contributed by atoms with Crippen molar-refractivity contribution in [2.75, 3.05) is 19.6 Å². The molecule has 3 heterocycles. The number of fused-ring (bicyclic) bond motifs is 4. The number of primary sulfonamides is 1. The van der Waals surface area contributed by atoms with Crippen LogP contribution >= 0.6 is 11.3 Å². The van der Waals surface area contributed by atoms with Gasteiger partial charge in [0.1, 0.15) is 23.0 Å². The van der Waals surface area contributed by atoms with Crippen LogP contribution in [0.1, 0.15) is 79.3 Å². The lowest BCUT2D eigenvalue weighted by atomic mass is 10.0. The molecule has 2 aromatic heterocycles. The standard InChI is InChI=1S/C32H35N7O7S2/c1-18(2)27-31-37-25(17-47-31)29(42)35-23(13-20-7-5-4-6-8-20)30-36-24(16-46-30)28(41)34-11-12-39(15-26(40)38-27)32(43)22-14-21(48(33,44)45)10-9-19(22)3/h4-10,14,16-18,23,27H,11-13,15H2,1-3H3,(H,34,41)(H,35,42)(H,38,40)(H2,33,44,45)/t23-,27-/m0/s1. The van der Waals surface area contributed by atoms with E-state index >= 15 is 0 Å². The first-order chi connectivity index (χ1) is 22.8. The summed E-state index contributed by atoms with van der Waals surface area (Å²) in [5.41, 5.74) is 1.46. The molecule has 4 aromatic rings. The average molecular weight is 694 g/mol. The number of nitrogens with two attached hydrogens (primary N) is 1. The number of hydrogen-bond acceptors (Lipinski definition) is 10. The van der Waals surface area contributed by atoms with Crippen molar-refractivity contribution in [2.45, 2.75) is 44.2 Å². The lowest BCUT2D eigenvalue weighted by molar-refractivity contribution is -0.122. The number of benzene rings is 2. The fourth-order valence-corrected chi connectivity index (χ4v) is 6.66. The summed E-state index contributed by atoms with van der Waals surface area (Å²) in [4.78, 5) is 63.6. The van der Waals surface area contributed by atoms with Gasteiger partial charge < -0.3 is 25.3 Å². The van der Waals surface area contributed by atoms with Crippen LogP contribution in [-0.4, -0.2) is 66.5 Å². The topological polar surface area (TPSA) is 207 Å². The molecule has 252 valence electrons. The Hall–Kier alpha value is -4.93. The third-order valence-corrected chi connectivity index (χ3v) is 9.54. The molecule has 1 aliphatic heterocycles. The van der Waals surface area contributed by atoms with E-state index in [1.54, 1.807) is 12.3 Å². The summed E-state index contributed by atoms with van der Waals surface area (Å²) < 4.78 is 29.7. The minimum Gasteiger partial charge on any atom is -0.446 e. The number of amides is 4. The van der Waals surface area contributed by atoms with E-state index in [0.717, 1.165) is 11.6 Å². The molecule has 0 saturated heterocycles. The number of thiazole rings is 1. The van der Waals surface area contributed by atoms with Gasteiger partial charge in [0, 0.05) is 30.5 Å². The molecule has 4 amide bonds. The summed E-state index contributed by atoms with van der Waals surface area (Å²) in [5.74, 6) is -2.30. The zero-order chi connectivity index (χ0) is 34.6. The maximum Gasteiger partial charge on any atom is 0.273 e. The third kappa shape index (κ3) is 8.13. The van der Waals surface area contributed by atoms with Gasteiger partial charge >= 0.3 is 0 Å². The number of aryl methyl sites for hydroxylation is 1. The molecule has 4 bridgehead atoms. The summed E-state index contributed by atoms with van der Waals surface area (Å²) in [6.07, 6.45) is 1.49. The second-order valence-electron chi connectivity index (χ2n) is 11.7. The molecule has 14 nitrogen and oxygen atoms in total. The van der Waals surface area contributed by atoms with E-state index in [4.69, 9.17) is 9.56 Å². The first-order valence-electron chi connectivity index (χ1n) is 15.1. The van der Waals surface area contributed by atoms with Crippen molar-refractivity contribution in [1.29, 1.82) is 0 Å². The van der Waals surface area contributed by atoms with Crippen LogP contribution in [0.15, 0.2) is 69.5 Å². The van der Waals surface area contributed by atoms with Crippen LogP contribution in [0, 0.1) is 12.8 Å². The normalized spacial score (nSPS) is 18.0. The molecule has 0 radical (unpaired) electrons. The second kappa shape index (κ2) is 14.5. The molecule has 0 unspecified atom stereocenters. The Bertz CT molecular complexity index is 1940. The fourth-order valence-electron chi connectivity index (χ4n) is 5.10. The number of nitrogens with zero attached hydrogens (tertiary/aromatic N) is 3. The lowest BCUT2D eigenvalue weighted by Crippen LogP contribution is -2.45. The van der Waals surface area contributed by atoms with E-state index in [1.165, 1.54) is 34.6 Å². The molecular formula is C32H35N7O7S2. The van der Waals surface area contributed by atoms with Crippen molar-refractivity contribution in [2.24, 2.45) is 11.1 Å². The Morgan fingerprint density at radius 1 is 1.06 bits per heavy atom. The second-order valence-corrected chi connectivity index (χ2v) is 14.1. The number of carbonyl (C=O) groups is 4. The average Bonchev–Trinajstić information content (AvgIpc) is 3.73. The van der Waals surface area contributed by atoms with Gasteiger partial charge in [-0.05, 0) is 36.1 Å². The number of aromatic nitrogens is 2. The monoisotopic (exact) mass is 693 g/mol. The Morgan fingerprint density at radius 2 is 1.81 bits per heavy atom. The number of oxazole rings is 1. The van der Waals surface area contributed by atoms with E-state index in [-0.39, 0.29) is 46.7 Å². The molecule has 0 aliphatic carbocycles. The Balaban J connectivity index is 1.49. The first-order valence-corrected chi connectivity index (χ1v) is 17.5. The first kappa shape index (κ1) is 34.4. The summed E-state index contributed by atoms with van der Waals surface area (Å²) in [6, 6.07) is 12.0. The van der Waals surface area contributed by atoms with Gasteiger partial charge in [-0.1, -0.05) is 50.2 Å². The number of carbonyl (C=O) groups excluding carboxylic acids is 4. The van der Waals surface area contributed by atoms with Gasteiger partial charge in [-0.25, -0.2) is 23.5 Å². The molecule has 0 fully saturated rings. The minimum absolute atomic E-state index is 0.0318. The van der Waals surface area contributed by atoms with Crippen molar-refractivity contribution in [3.8, 4) is 0 Å². The van der Waals surface area contributed by atoms with Crippen LogP contribution in [0.3, 0.4) is 0 Å². The molecule has 2 aromatic carbocycles. The highest BCUT2D eigenvalue weighted by molar-refractivity contribution is 7.89. The van der Waals surface area contributed by atoms with Gasteiger partial charge in [-0.2, -0.15) is 0 Å². The van der Waals surface area contributed by atoms with E-state index < -0.39 is 52.3 Å². The summed E-state index contributed by atoms with van der Waals surface area (Å²) in [5, 5.41) is 15.9. The fraction of sp³-hybridized carbons (Fsp3) is 0.312. The van der Waals surface area contributed by atoms with E-state index in [1.807, 2.05) is 44.2 Å². The van der Waals surface area contributed by atoms with Crippen molar-refractivity contribution >= 4 is 45.0 Å². The predicted octanol–water partition coefficient (Wildman–Crippen LogP) is 2.50. The highest BCUT2D eigenvalue weighted by atomic mass is 32.2. The van der Waals surface area contributed by atoms with Gasteiger partial charge in [-0.3, -0.25) is 19.2 Å². The quantitative estimate of drug-likeness (QED) is 0.242. The maximum absolute atomic E-state index is 13.8. The van der Waals surface area contributed by atoms with E-state index in [2.05, 4.69) is 25.9 Å². The molecule has 16 heteroatoms. The van der Waals surface area contributed by atoms with Crippen LogP contribution in [0.2, 0.25) is 0 Å². The minimum atomic E-state index is -4.12. The largest absolute Gasteiger partial charge is 0.446 e. The third-order valence-electron chi connectivity index (χ3n) is 7.70. The van der Waals surface area contributed by atoms with Crippen LogP contribution in [0.5, 0.6) is 0 Å².